The van der Waals surface area contributed by atoms with Gasteiger partial charge < -0.3 is 35.4 Å². The van der Waals surface area contributed by atoms with Crippen LogP contribution in [0.4, 0.5) is 0 Å². The zero-order chi connectivity index (χ0) is 38.4. The molecule has 5 heterocycles. The summed E-state index contributed by atoms with van der Waals surface area (Å²) in [7, 11) is 0. The number of aromatic nitrogens is 1. The third kappa shape index (κ3) is 8.88. The van der Waals surface area contributed by atoms with Gasteiger partial charge in [-0.2, -0.15) is 0 Å². The lowest BCUT2D eigenvalue weighted by Crippen LogP contribution is -2.62. The number of hydrogen-bond donors (Lipinski definition) is 3. The fourth-order valence-corrected chi connectivity index (χ4v) is 7.96. The van der Waals surface area contributed by atoms with Crippen LogP contribution in [-0.2, 0) is 51.1 Å². The minimum Gasteiger partial charge on any atom is -0.461 e. The van der Waals surface area contributed by atoms with Crippen molar-refractivity contribution in [1.82, 2.24) is 35.6 Å². The number of carbonyl (C=O) groups excluding carboxylic acids is 7. The molecule has 0 unspecified atom stereocenters. The summed E-state index contributed by atoms with van der Waals surface area (Å²) in [5.74, 6) is -3.86. The standard InChI is InChI=1S/C39H49N7O8/c1-24-19-32-39(53)54-23-29(43-34(48)28(20-26-11-4-3-5-12-26)42-33(47)21-27-13-6-8-16-40-27)37(51)45-18-10-15-31(45)38(52)44-17-9-7-14-30(44)35(49)41-25(2)36(50)46(32)22-24/h3-6,8,11-13,16,24-25,28-32H,7,9-10,14-15,17-23H2,1-2H3,(H,41,49)(H,42,47)(H,43,48)/t24-,25+,28+,29+,30+,31+,32+/m1/s1. The Hall–Kier alpha value is -5.34. The smallest absolute Gasteiger partial charge is 0.328 e. The van der Waals surface area contributed by atoms with Crippen LogP contribution in [0.3, 0.4) is 0 Å². The van der Waals surface area contributed by atoms with Crippen LogP contribution in [0, 0.1) is 5.92 Å². The molecule has 54 heavy (non-hydrogen) atoms. The Kier molecular flexibility index (Phi) is 12.2. The molecular weight excluding hydrogens is 694 g/mol. The highest BCUT2D eigenvalue weighted by Gasteiger charge is 2.46. The second-order valence-corrected chi connectivity index (χ2v) is 14.8. The first-order valence-corrected chi connectivity index (χ1v) is 18.9. The van der Waals surface area contributed by atoms with E-state index in [0.29, 0.717) is 50.8 Å². The van der Waals surface area contributed by atoms with E-state index < -0.39 is 78.4 Å². The van der Waals surface area contributed by atoms with Gasteiger partial charge in [-0.05, 0) is 69.1 Å². The van der Waals surface area contributed by atoms with Gasteiger partial charge in [-0.15, -0.1) is 0 Å². The van der Waals surface area contributed by atoms with Gasteiger partial charge in [-0.25, -0.2) is 4.79 Å². The molecular formula is C39H49N7O8. The lowest BCUT2D eigenvalue weighted by atomic mass is 9.99. The molecule has 4 saturated heterocycles. The van der Waals surface area contributed by atoms with Crippen molar-refractivity contribution in [3.8, 4) is 0 Å². The van der Waals surface area contributed by atoms with E-state index in [0.717, 1.165) is 5.56 Å². The third-order valence-corrected chi connectivity index (χ3v) is 10.7. The molecule has 4 fully saturated rings. The minimum absolute atomic E-state index is 0.0427. The van der Waals surface area contributed by atoms with E-state index in [1.807, 2.05) is 37.3 Å². The zero-order valence-electron chi connectivity index (χ0n) is 30.8. The number of carbonyl (C=O) groups is 7. The van der Waals surface area contributed by atoms with Gasteiger partial charge in [0.25, 0.3) is 0 Å². The van der Waals surface area contributed by atoms with Gasteiger partial charge in [0.05, 0.1) is 6.42 Å². The maximum absolute atomic E-state index is 14.5. The number of pyridine rings is 1. The van der Waals surface area contributed by atoms with Crippen LogP contribution in [0.1, 0.15) is 63.6 Å². The Labute approximate surface area is 314 Å². The number of nitrogens with one attached hydrogen (secondary N) is 3. The maximum Gasteiger partial charge on any atom is 0.328 e. The molecule has 4 aliphatic heterocycles. The molecule has 15 heteroatoms. The minimum atomic E-state index is -1.42. The number of nitrogens with zero attached hydrogens (tertiary/aromatic N) is 4. The SMILES string of the molecule is C[C@@H]1C[C@H]2C(=O)OC[C@H](NC(=O)[C@H](Cc3ccccc3)NC(=O)Cc3ccccn3)C(=O)N3CCC[C@H]3C(=O)N3CCCC[C@H]3C(=O)N[C@@H](C)C(=O)N2C1. The summed E-state index contributed by atoms with van der Waals surface area (Å²) in [6, 6.07) is 8.07. The first-order chi connectivity index (χ1) is 26.0. The normalized spacial score (nSPS) is 27.3. The highest BCUT2D eigenvalue weighted by molar-refractivity contribution is 5.98. The monoisotopic (exact) mass is 743 g/mol. The second kappa shape index (κ2) is 17.2. The number of fused-ring (bicyclic) bond motifs is 3. The molecule has 6 rings (SSSR count). The molecule has 7 atom stereocenters. The first kappa shape index (κ1) is 38.4. The maximum atomic E-state index is 14.5. The summed E-state index contributed by atoms with van der Waals surface area (Å²) in [6.45, 7) is 3.70. The highest BCUT2D eigenvalue weighted by Crippen LogP contribution is 2.28. The molecule has 4 aliphatic rings. The summed E-state index contributed by atoms with van der Waals surface area (Å²) in [4.78, 5) is 106. The molecule has 0 bridgehead atoms. The topological polar surface area (TPSA) is 187 Å². The molecule has 0 saturated carbocycles. The van der Waals surface area contributed by atoms with Gasteiger partial charge in [-0.1, -0.05) is 43.3 Å². The molecule has 15 nitrogen and oxygen atoms in total. The largest absolute Gasteiger partial charge is 0.461 e. The molecule has 0 radical (unpaired) electrons. The summed E-state index contributed by atoms with van der Waals surface area (Å²) in [5.41, 5.74) is 1.26. The number of benzene rings is 1. The van der Waals surface area contributed by atoms with E-state index in [2.05, 4.69) is 20.9 Å². The lowest BCUT2D eigenvalue weighted by Gasteiger charge is -2.39. The van der Waals surface area contributed by atoms with E-state index in [1.165, 1.54) is 14.7 Å². The van der Waals surface area contributed by atoms with Crippen LogP contribution in [0.5, 0.6) is 0 Å². The highest BCUT2D eigenvalue weighted by atomic mass is 16.5. The fourth-order valence-electron chi connectivity index (χ4n) is 7.96. The lowest BCUT2D eigenvalue weighted by molar-refractivity contribution is -0.158. The van der Waals surface area contributed by atoms with Gasteiger partial charge in [0.1, 0.15) is 42.9 Å². The second-order valence-electron chi connectivity index (χ2n) is 14.8. The van der Waals surface area contributed by atoms with Crippen molar-refractivity contribution in [3.05, 3.63) is 66.0 Å². The predicted octanol–water partition coefficient (Wildman–Crippen LogP) is 0.507. The van der Waals surface area contributed by atoms with E-state index in [4.69, 9.17) is 4.74 Å². The number of esters is 1. The van der Waals surface area contributed by atoms with Crippen molar-refractivity contribution in [2.24, 2.45) is 5.92 Å². The number of ether oxygens (including phenoxy) is 1. The summed E-state index contributed by atoms with van der Waals surface area (Å²) < 4.78 is 5.74. The average molecular weight is 744 g/mol. The number of cyclic esters (lactones) is 1. The van der Waals surface area contributed by atoms with Crippen LogP contribution >= 0.6 is 0 Å². The Morgan fingerprint density at radius 2 is 1.57 bits per heavy atom. The first-order valence-electron chi connectivity index (χ1n) is 18.9. The van der Waals surface area contributed by atoms with Gasteiger partial charge in [0.2, 0.25) is 35.4 Å². The Bertz CT molecular complexity index is 1730. The van der Waals surface area contributed by atoms with Crippen LogP contribution in [-0.4, -0.2) is 124 Å². The van der Waals surface area contributed by atoms with Gasteiger partial charge in [0, 0.05) is 37.9 Å². The predicted molar refractivity (Wildman–Crippen MR) is 194 cm³/mol. The van der Waals surface area contributed by atoms with Gasteiger partial charge in [-0.3, -0.25) is 33.8 Å². The fraction of sp³-hybridized carbons (Fsp3) is 0.538. The molecule has 1 aromatic heterocycles. The van der Waals surface area contributed by atoms with Crippen molar-refractivity contribution in [3.63, 3.8) is 0 Å². The van der Waals surface area contributed by atoms with Crippen molar-refractivity contribution >= 4 is 41.4 Å². The molecule has 0 spiro atoms. The Balaban J connectivity index is 1.30. The molecule has 1 aromatic carbocycles. The summed E-state index contributed by atoms with van der Waals surface area (Å²) >= 11 is 0. The number of amides is 6. The number of hydrogen-bond acceptors (Lipinski definition) is 9. The van der Waals surface area contributed by atoms with Crippen LogP contribution in [0.25, 0.3) is 0 Å². The molecule has 2 aromatic rings. The van der Waals surface area contributed by atoms with Crippen molar-refractivity contribution in [1.29, 1.82) is 0 Å². The van der Waals surface area contributed by atoms with Gasteiger partial charge in [0.15, 0.2) is 0 Å². The summed E-state index contributed by atoms with van der Waals surface area (Å²) in [6.07, 6.45) is 4.55. The van der Waals surface area contributed by atoms with Crippen molar-refractivity contribution in [2.45, 2.75) is 101 Å². The van der Waals surface area contributed by atoms with Crippen LogP contribution < -0.4 is 16.0 Å². The quantitative estimate of drug-likeness (QED) is 0.340. The van der Waals surface area contributed by atoms with E-state index >= 15 is 0 Å². The van der Waals surface area contributed by atoms with E-state index in [9.17, 15) is 33.6 Å². The van der Waals surface area contributed by atoms with E-state index in [-0.39, 0.29) is 37.8 Å². The molecule has 0 aliphatic carbocycles. The number of rotatable bonds is 7. The summed E-state index contributed by atoms with van der Waals surface area (Å²) in [5, 5.41) is 8.33. The zero-order valence-corrected chi connectivity index (χ0v) is 30.8. The molecule has 3 N–H and O–H groups in total. The third-order valence-electron chi connectivity index (χ3n) is 10.7. The van der Waals surface area contributed by atoms with Crippen molar-refractivity contribution in [2.75, 3.05) is 26.2 Å². The molecule has 6 amide bonds. The van der Waals surface area contributed by atoms with Crippen LogP contribution in [0.15, 0.2) is 54.7 Å². The molecule has 288 valence electrons. The Morgan fingerprint density at radius 3 is 2.33 bits per heavy atom. The van der Waals surface area contributed by atoms with E-state index in [1.54, 1.807) is 31.3 Å². The van der Waals surface area contributed by atoms with Gasteiger partial charge >= 0.3 is 5.97 Å². The average Bonchev–Trinajstić information content (AvgIpc) is 3.83. The van der Waals surface area contributed by atoms with Crippen molar-refractivity contribution < 1.29 is 38.3 Å². The Morgan fingerprint density at radius 1 is 0.852 bits per heavy atom. The number of piperidine rings is 1. The van der Waals surface area contributed by atoms with Crippen LogP contribution in [0.2, 0.25) is 0 Å².